The number of halogens is 1. The fourth-order valence-corrected chi connectivity index (χ4v) is 4.36. The Kier molecular flexibility index (Phi) is 5.79. The predicted octanol–water partition coefficient (Wildman–Crippen LogP) is 2.85. The number of aromatic amines is 1. The number of hydrogen-bond acceptors (Lipinski definition) is 6. The van der Waals surface area contributed by atoms with E-state index in [1.54, 1.807) is 12.0 Å². The maximum atomic E-state index is 12.5. The molecule has 1 fully saturated rings. The number of H-pyrrole nitrogens is 1. The molecule has 1 unspecified atom stereocenters. The summed E-state index contributed by atoms with van der Waals surface area (Å²) in [6, 6.07) is 5.70. The first-order valence-corrected chi connectivity index (χ1v) is 10.4. The molecule has 0 bridgehead atoms. The van der Waals surface area contributed by atoms with Gasteiger partial charge in [0.25, 0.3) is 0 Å². The van der Waals surface area contributed by atoms with E-state index in [4.69, 9.17) is 16.3 Å². The van der Waals surface area contributed by atoms with Gasteiger partial charge in [-0.2, -0.15) is 0 Å². The Morgan fingerprint density at radius 3 is 3.14 bits per heavy atom. The third-order valence-electron chi connectivity index (χ3n) is 4.93. The lowest BCUT2D eigenvalue weighted by atomic mass is 10.1. The summed E-state index contributed by atoms with van der Waals surface area (Å²) in [5, 5.41) is 13.5. The molecule has 1 aromatic carbocycles. The topological polar surface area (TPSA) is 100 Å². The van der Waals surface area contributed by atoms with E-state index >= 15 is 0 Å². The maximum Gasteiger partial charge on any atom is 0.231 e. The molecule has 2 aromatic heterocycles. The van der Waals surface area contributed by atoms with Gasteiger partial charge in [-0.25, -0.2) is 0 Å². The van der Waals surface area contributed by atoms with Crippen molar-refractivity contribution in [1.29, 1.82) is 0 Å². The van der Waals surface area contributed by atoms with Gasteiger partial charge in [0.2, 0.25) is 16.9 Å². The Labute approximate surface area is 176 Å². The molecule has 3 aromatic rings. The van der Waals surface area contributed by atoms with Crippen molar-refractivity contribution < 1.29 is 14.3 Å². The molecule has 4 rings (SSSR count). The summed E-state index contributed by atoms with van der Waals surface area (Å²) < 4.78 is 5.00. The summed E-state index contributed by atoms with van der Waals surface area (Å²) in [6.07, 6.45) is 2.84. The molecule has 10 heteroatoms. The Morgan fingerprint density at radius 2 is 2.31 bits per heavy atom. The molecule has 0 radical (unpaired) electrons. The largest absolute Gasteiger partial charge is 0.377 e. The van der Waals surface area contributed by atoms with Gasteiger partial charge in [-0.05, 0) is 30.2 Å². The second-order valence-corrected chi connectivity index (χ2v) is 8.42. The number of nitrogens with zero attached hydrogens (tertiary/aromatic N) is 3. The first-order chi connectivity index (χ1) is 14.0. The fraction of sp³-hybridized carbons (Fsp3) is 0.368. The van der Waals surface area contributed by atoms with Crippen LogP contribution < -0.4 is 5.32 Å². The minimum atomic E-state index is -0.394. The molecular weight excluding hydrogens is 414 g/mol. The smallest absolute Gasteiger partial charge is 0.231 e. The van der Waals surface area contributed by atoms with E-state index in [9.17, 15) is 9.59 Å². The number of likely N-dealkylation sites (tertiary alicyclic amines) is 1. The molecule has 1 atom stereocenters. The van der Waals surface area contributed by atoms with E-state index in [1.807, 2.05) is 24.4 Å². The zero-order valence-corrected chi connectivity index (χ0v) is 17.3. The van der Waals surface area contributed by atoms with Gasteiger partial charge in [-0.1, -0.05) is 22.9 Å². The van der Waals surface area contributed by atoms with Crippen LogP contribution >= 0.6 is 22.9 Å². The van der Waals surface area contributed by atoms with Crippen molar-refractivity contribution in [2.24, 2.45) is 5.92 Å². The second kappa shape index (κ2) is 8.48. The van der Waals surface area contributed by atoms with Gasteiger partial charge in [-0.15, -0.1) is 10.2 Å². The van der Waals surface area contributed by atoms with Crippen LogP contribution in [0.1, 0.15) is 17.0 Å². The monoisotopic (exact) mass is 433 g/mol. The van der Waals surface area contributed by atoms with Crippen molar-refractivity contribution in [2.75, 3.05) is 25.5 Å². The van der Waals surface area contributed by atoms with E-state index < -0.39 is 5.92 Å². The van der Waals surface area contributed by atoms with Crippen LogP contribution in [0.4, 0.5) is 5.13 Å². The fourth-order valence-electron chi connectivity index (χ4n) is 3.47. The van der Waals surface area contributed by atoms with Crippen molar-refractivity contribution >= 4 is 50.8 Å². The van der Waals surface area contributed by atoms with Crippen molar-refractivity contribution in [3.05, 3.63) is 40.0 Å². The van der Waals surface area contributed by atoms with Crippen molar-refractivity contribution in [3.63, 3.8) is 0 Å². The van der Waals surface area contributed by atoms with Crippen LogP contribution in [-0.2, 0) is 27.4 Å². The molecule has 0 aliphatic carbocycles. The number of rotatable bonds is 7. The number of amides is 2. The lowest BCUT2D eigenvalue weighted by Gasteiger charge is -2.16. The molecule has 8 nitrogen and oxygen atoms in total. The standard InChI is InChI=1S/C19H20ClN5O3S/c1-28-10-16-23-24-19(29-16)22-18(27)12-6-17(26)25(9-12)5-4-11-8-21-15-3-2-13(20)7-14(11)15/h2-3,7-8,12,21H,4-6,9-10H2,1H3,(H,22,24,27). The molecule has 1 aliphatic heterocycles. The number of anilines is 1. The van der Waals surface area contributed by atoms with Crippen LogP contribution in [0.2, 0.25) is 5.02 Å². The molecule has 152 valence electrons. The minimum absolute atomic E-state index is 0.0136. The zero-order chi connectivity index (χ0) is 20.4. The lowest BCUT2D eigenvalue weighted by molar-refractivity contribution is -0.128. The van der Waals surface area contributed by atoms with E-state index in [2.05, 4.69) is 20.5 Å². The lowest BCUT2D eigenvalue weighted by Crippen LogP contribution is -2.30. The highest BCUT2D eigenvalue weighted by atomic mass is 35.5. The summed E-state index contributed by atoms with van der Waals surface area (Å²) in [5.74, 6) is -0.616. The predicted molar refractivity (Wildman–Crippen MR) is 111 cm³/mol. The van der Waals surface area contributed by atoms with Crippen molar-refractivity contribution in [3.8, 4) is 0 Å². The normalized spacial score (nSPS) is 16.7. The first-order valence-electron chi connectivity index (χ1n) is 9.19. The SMILES string of the molecule is COCc1nnc(NC(=O)C2CC(=O)N(CCc3c[nH]c4ccc(Cl)cc34)C2)s1. The van der Waals surface area contributed by atoms with Crippen LogP contribution in [0.3, 0.4) is 0 Å². The summed E-state index contributed by atoms with van der Waals surface area (Å²) in [5.41, 5.74) is 2.11. The van der Waals surface area contributed by atoms with Crippen LogP contribution in [0.15, 0.2) is 24.4 Å². The average Bonchev–Trinajstić information content (AvgIpc) is 3.39. The highest BCUT2D eigenvalue weighted by Gasteiger charge is 2.34. The Bertz CT molecular complexity index is 1050. The number of carbonyl (C=O) groups excluding carboxylic acids is 2. The Balaban J connectivity index is 1.34. The number of fused-ring (bicyclic) bond motifs is 1. The number of methoxy groups -OCH3 is 1. The molecule has 2 amide bonds. The third-order valence-corrected chi connectivity index (χ3v) is 5.98. The maximum absolute atomic E-state index is 12.5. The highest BCUT2D eigenvalue weighted by molar-refractivity contribution is 7.15. The number of nitrogens with one attached hydrogen (secondary N) is 2. The van der Waals surface area contributed by atoms with E-state index in [0.29, 0.717) is 41.3 Å². The van der Waals surface area contributed by atoms with Gasteiger partial charge >= 0.3 is 0 Å². The second-order valence-electron chi connectivity index (χ2n) is 6.92. The van der Waals surface area contributed by atoms with Gasteiger partial charge in [0.15, 0.2) is 0 Å². The van der Waals surface area contributed by atoms with Crippen LogP contribution in [0.5, 0.6) is 0 Å². The van der Waals surface area contributed by atoms with Gasteiger partial charge in [-0.3, -0.25) is 9.59 Å². The Morgan fingerprint density at radius 1 is 1.45 bits per heavy atom. The summed E-state index contributed by atoms with van der Waals surface area (Å²) in [6.45, 7) is 1.30. The van der Waals surface area contributed by atoms with E-state index in [-0.39, 0.29) is 18.2 Å². The molecule has 0 saturated carbocycles. The van der Waals surface area contributed by atoms with Crippen LogP contribution in [0, 0.1) is 5.92 Å². The van der Waals surface area contributed by atoms with Crippen LogP contribution in [0.25, 0.3) is 10.9 Å². The summed E-state index contributed by atoms with van der Waals surface area (Å²) in [7, 11) is 1.57. The number of carbonyl (C=O) groups is 2. The van der Waals surface area contributed by atoms with Crippen molar-refractivity contribution in [2.45, 2.75) is 19.4 Å². The Hall–Kier alpha value is -2.49. The van der Waals surface area contributed by atoms with Gasteiger partial charge in [0, 0.05) is 48.7 Å². The van der Waals surface area contributed by atoms with E-state index in [0.717, 1.165) is 16.5 Å². The third kappa shape index (κ3) is 4.42. The number of benzene rings is 1. The molecule has 0 spiro atoms. The number of hydrogen-bond donors (Lipinski definition) is 2. The quantitative estimate of drug-likeness (QED) is 0.596. The minimum Gasteiger partial charge on any atom is -0.377 e. The molecule has 29 heavy (non-hydrogen) atoms. The average molecular weight is 434 g/mol. The summed E-state index contributed by atoms with van der Waals surface area (Å²) in [4.78, 5) is 29.9. The molecule has 3 heterocycles. The van der Waals surface area contributed by atoms with Gasteiger partial charge in [0.1, 0.15) is 11.6 Å². The molecule has 1 saturated heterocycles. The highest BCUT2D eigenvalue weighted by Crippen LogP contribution is 2.25. The molecule has 2 N–H and O–H groups in total. The summed E-state index contributed by atoms with van der Waals surface area (Å²) >= 11 is 7.36. The van der Waals surface area contributed by atoms with E-state index in [1.165, 1.54) is 11.3 Å². The van der Waals surface area contributed by atoms with Crippen LogP contribution in [-0.4, -0.2) is 52.1 Å². The molecular formula is C19H20ClN5O3S. The zero-order valence-electron chi connectivity index (χ0n) is 15.8. The number of aromatic nitrogens is 3. The van der Waals surface area contributed by atoms with Crippen molar-refractivity contribution in [1.82, 2.24) is 20.1 Å². The van der Waals surface area contributed by atoms with Gasteiger partial charge < -0.3 is 19.9 Å². The van der Waals surface area contributed by atoms with Gasteiger partial charge in [0.05, 0.1) is 5.92 Å². The first kappa shape index (κ1) is 19.8. The number of ether oxygens (including phenoxy) is 1. The molecule has 1 aliphatic rings.